The van der Waals surface area contributed by atoms with Crippen molar-refractivity contribution in [1.29, 1.82) is 0 Å². The SMILES string of the molecule is O=C(NC1CCCCC1)C1=C(O)C(CCc2ccccc2)NC1=O. The molecule has 24 heavy (non-hydrogen) atoms. The van der Waals surface area contributed by atoms with Crippen molar-refractivity contribution in [3.05, 3.63) is 47.2 Å². The number of hydrogen-bond donors (Lipinski definition) is 3. The van der Waals surface area contributed by atoms with E-state index in [2.05, 4.69) is 10.6 Å². The van der Waals surface area contributed by atoms with Crippen LogP contribution in [-0.4, -0.2) is 29.0 Å². The minimum atomic E-state index is -0.482. The molecular weight excluding hydrogens is 304 g/mol. The zero-order valence-corrected chi connectivity index (χ0v) is 13.8. The van der Waals surface area contributed by atoms with Crippen LogP contribution in [0.2, 0.25) is 0 Å². The van der Waals surface area contributed by atoms with Crippen LogP contribution in [0.5, 0.6) is 0 Å². The molecule has 1 aliphatic heterocycles. The maximum absolute atomic E-state index is 12.4. The van der Waals surface area contributed by atoms with Crippen LogP contribution in [0.3, 0.4) is 0 Å². The van der Waals surface area contributed by atoms with E-state index in [9.17, 15) is 14.7 Å². The lowest BCUT2D eigenvalue weighted by Crippen LogP contribution is -2.39. The van der Waals surface area contributed by atoms with Gasteiger partial charge in [-0.2, -0.15) is 0 Å². The Bertz CT molecular complexity index is 633. The van der Waals surface area contributed by atoms with Crippen LogP contribution in [0.15, 0.2) is 41.7 Å². The number of rotatable bonds is 5. The van der Waals surface area contributed by atoms with Gasteiger partial charge in [0.1, 0.15) is 11.3 Å². The molecule has 0 spiro atoms. The molecule has 1 unspecified atom stereocenters. The predicted molar refractivity (Wildman–Crippen MR) is 91.4 cm³/mol. The first kappa shape index (κ1) is 16.6. The van der Waals surface area contributed by atoms with Crippen molar-refractivity contribution in [3.8, 4) is 0 Å². The Labute approximate surface area is 142 Å². The summed E-state index contributed by atoms with van der Waals surface area (Å²) in [4.78, 5) is 24.5. The van der Waals surface area contributed by atoms with E-state index in [1.165, 1.54) is 6.42 Å². The summed E-state index contributed by atoms with van der Waals surface area (Å²) in [7, 11) is 0. The Morgan fingerprint density at radius 3 is 2.58 bits per heavy atom. The highest BCUT2D eigenvalue weighted by molar-refractivity contribution is 6.20. The number of carbonyl (C=O) groups is 2. The molecule has 1 aromatic carbocycles. The topological polar surface area (TPSA) is 78.4 Å². The van der Waals surface area contributed by atoms with E-state index in [0.717, 1.165) is 37.7 Å². The predicted octanol–water partition coefficient (Wildman–Crippen LogP) is 2.38. The molecule has 1 aromatic rings. The van der Waals surface area contributed by atoms with Crippen molar-refractivity contribution in [1.82, 2.24) is 10.6 Å². The van der Waals surface area contributed by atoms with E-state index < -0.39 is 17.9 Å². The second kappa shape index (κ2) is 7.51. The van der Waals surface area contributed by atoms with Crippen LogP contribution < -0.4 is 10.6 Å². The molecule has 1 saturated carbocycles. The normalized spacial score (nSPS) is 21.7. The van der Waals surface area contributed by atoms with Crippen LogP contribution in [0, 0.1) is 0 Å². The van der Waals surface area contributed by atoms with Gasteiger partial charge in [-0.15, -0.1) is 0 Å². The summed E-state index contributed by atoms with van der Waals surface area (Å²) in [5.74, 6) is -1.04. The lowest BCUT2D eigenvalue weighted by molar-refractivity contribution is -0.123. The minimum Gasteiger partial charge on any atom is -0.509 e. The van der Waals surface area contributed by atoms with Crippen molar-refractivity contribution >= 4 is 11.8 Å². The standard InChI is InChI=1S/C19H24N2O3/c22-17-15(12-11-13-7-3-1-4-8-13)21-19(24)16(17)18(23)20-14-9-5-2-6-10-14/h1,3-4,7-8,14-15,22H,2,5-6,9-12H2,(H,20,23)(H,21,24). The van der Waals surface area contributed by atoms with Crippen molar-refractivity contribution in [2.24, 2.45) is 0 Å². The summed E-state index contributed by atoms with van der Waals surface area (Å²) in [6, 6.07) is 9.52. The van der Waals surface area contributed by atoms with Crippen LogP contribution in [0.1, 0.15) is 44.1 Å². The molecule has 1 aliphatic carbocycles. The molecule has 2 amide bonds. The van der Waals surface area contributed by atoms with Gasteiger partial charge in [-0.05, 0) is 31.2 Å². The molecule has 3 N–H and O–H groups in total. The van der Waals surface area contributed by atoms with Gasteiger partial charge in [0, 0.05) is 6.04 Å². The van der Waals surface area contributed by atoms with E-state index in [-0.39, 0.29) is 17.4 Å². The summed E-state index contributed by atoms with van der Waals surface area (Å²) >= 11 is 0. The second-order valence-corrected chi connectivity index (χ2v) is 6.62. The smallest absolute Gasteiger partial charge is 0.261 e. The summed E-state index contributed by atoms with van der Waals surface area (Å²) in [6.45, 7) is 0. The van der Waals surface area contributed by atoms with Gasteiger partial charge in [0.2, 0.25) is 0 Å². The molecule has 5 nitrogen and oxygen atoms in total. The molecule has 2 aliphatic rings. The monoisotopic (exact) mass is 328 g/mol. The molecule has 3 rings (SSSR count). The molecule has 1 heterocycles. The summed E-state index contributed by atoms with van der Waals surface area (Å²) < 4.78 is 0. The third-order valence-corrected chi connectivity index (χ3v) is 4.85. The number of aliphatic hydroxyl groups is 1. The van der Waals surface area contributed by atoms with Crippen LogP contribution in [-0.2, 0) is 16.0 Å². The van der Waals surface area contributed by atoms with Crippen LogP contribution >= 0.6 is 0 Å². The fraction of sp³-hybridized carbons (Fsp3) is 0.474. The fourth-order valence-electron chi connectivity index (χ4n) is 3.48. The maximum atomic E-state index is 12.4. The van der Waals surface area contributed by atoms with E-state index in [4.69, 9.17) is 0 Å². The molecule has 5 heteroatoms. The number of amides is 2. The highest BCUT2D eigenvalue weighted by atomic mass is 16.3. The third kappa shape index (κ3) is 3.78. The van der Waals surface area contributed by atoms with E-state index in [0.29, 0.717) is 6.42 Å². The Morgan fingerprint density at radius 2 is 1.88 bits per heavy atom. The lowest BCUT2D eigenvalue weighted by atomic mass is 9.95. The molecule has 1 atom stereocenters. The lowest BCUT2D eigenvalue weighted by Gasteiger charge is -2.22. The molecule has 128 valence electrons. The van der Waals surface area contributed by atoms with Gasteiger partial charge in [0.15, 0.2) is 0 Å². The van der Waals surface area contributed by atoms with Crippen molar-refractivity contribution < 1.29 is 14.7 Å². The quantitative estimate of drug-likeness (QED) is 0.726. The summed E-state index contributed by atoms with van der Waals surface area (Å²) in [5.41, 5.74) is 1.03. The third-order valence-electron chi connectivity index (χ3n) is 4.85. The van der Waals surface area contributed by atoms with Gasteiger partial charge in [-0.25, -0.2) is 0 Å². The number of benzene rings is 1. The number of hydrogen-bond acceptors (Lipinski definition) is 3. The van der Waals surface area contributed by atoms with Gasteiger partial charge < -0.3 is 15.7 Å². The van der Waals surface area contributed by atoms with E-state index in [1.54, 1.807) is 0 Å². The zero-order chi connectivity index (χ0) is 16.9. The molecule has 0 radical (unpaired) electrons. The Hall–Kier alpha value is -2.30. The van der Waals surface area contributed by atoms with Gasteiger partial charge in [0.25, 0.3) is 11.8 Å². The molecule has 1 fully saturated rings. The average Bonchev–Trinajstić information content (AvgIpc) is 2.88. The molecule has 0 aromatic heterocycles. The largest absolute Gasteiger partial charge is 0.509 e. The number of carbonyl (C=O) groups excluding carboxylic acids is 2. The summed E-state index contributed by atoms with van der Waals surface area (Å²) in [6.07, 6.45) is 6.58. The van der Waals surface area contributed by atoms with Gasteiger partial charge in [-0.1, -0.05) is 49.6 Å². The molecule has 0 bridgehead atoms. The first-order valence-corrected chi connectivity index (χ1v) is 8.74. The highest BCUT2D eigenvalue weighted by Crippen LogP contribution is 2.22. The van der Waals surface area contributed by atoms with Crippen LogP contribution in [0.25, 0.3) is 0 Å². The van der Waals surface area contributed by atoms with Crippen molar-refractivity contribution in [2.45, 2.75) is 57.0 Å². The Balaban J connectivity index is 1.62. The van der Waals surface area contributed by atoms with Gasteiger partial charge in [-0.3, -0.25) is 9.59 Å². The van der Waals surface area contributed by atoms with Crippen molar-refractivity contribution in [3.63, 3.8) is 0 Å². The maximum Gasteiger partial charge on any atom is 0.261 e. The average molecular weight is 328 g/mol. The fourth-order valence-corrected chi connectivity index (χ4v) is 3.48. The highest BCUT2D eigenvalue weighted by Gasteiger charge is 2.36. The van der Waals surface area contributed by atoms with Gasteiger partial charge >= 0.3 is 0 Å². The first-order valence-electron chi connectivity index (χ1n) is 8.74. The van der Waals surface area contributed by atoms with E-state index >= 15 is 0 Å². The molecule has 0 saturated heterocycles. The number of aliphatic hydroxyl groups excluding tert-OH is 1. The summed E-state index contributed by atoms with van der Waals surface area (Å²) in [5, 5.41) is 15.9. The zero-order valence-electron chi connectivity index (χ0n) is 13.8. The molecular formula is C19H24N2O3. The Morgan fingerprint density at radius 1 is 1.17 bits per heavy atom. The first-order chi connectivity index (χ1) is 11.6. The minimum absolute atomic E-state index is 0.112. The number of nitrogens with one attached hydrogen (secondary N) is 2. The number of aryl methyl sites for hydroxylation is 1. The Kier molecular flexibility index (Phi) is 5.18. The van der Waals surface area contributed by atoms with Crippen molar-refractivity contribution in [2.75, 3.05) is 0 Å². The van der Waals surface area contributed by atoms with E-state index in [1.807, 2.05) is 30.3 Å². The van der Waals surface area contributed by atoms with Crippen LogP contribution in [0.4, 0.5) is 0 Å². The van der Waals surface area contributed by atoms with Gasteiger partial charge in [0.05, 0.1) is 6.04 Å². The second-order valence-electron chi connectivity index (χ2n) is 6.62.